The first-order valence-corrected chi connectivity index (χ1v) is 10.3. The third kappa shape index (κ3) is 12.5. The van der Waals surface area contributed by atoms with E-state index in [1.807, 2.05) is 0 Å². The van der Waals surface area contributed by atoms with Gasteiger partial charge in [-0.1, -0.05) is 21.6 Å². The van der Waals surface area contributed by atoms with E-state index >= 15 is 0 Å². The quantitative estimate of drug-likeness (QED) is 0.128. The molecule has 0 bridgehead atoms. The van der Waals surface area contributed by atoms with Crippen molar-refractivity contribution in [3.63, 3.8) is 0 Å². The molecule has 0 fully saturated rings. The maximum absolute atomic E-state index is 11.8. The number of amides is 2. The topological polar surface area (TPSA) is 166 Å². The van der Waals surface area contributed by atoms with E-state index in [0.29, 0.717) is 0 Å². The zero-order valence-corrected chi connectivity index (χ0v) is 19.3. The molecule has 2 amide bonds. The summed E-state index contributed by atoms with van der Waals surface area (Å²) < 4.78 is 9.34. The summed E-state index contributed by atoms with van der Waals surface area (Å²) >= 11 is 0. The molecular weight excluding hydrogens is 455 g/mol. The van der Waals surface area contributed by atoms with E-state index in [4.69, 9.17) is 0 Å². The van der Waals surface area contributed by atoms with Crippen molar-refractivity contribution in [1.82, 2.24) is 10.6 Å². The van der Waals surface area contributed by atoms with Crippen molar-refractivity contribution in [3.05, 3.63) is 0 Å². The molecule has 0 saturated carbocycles. The van der Waals surface area contributed by atoms with Gasteiger partial charge in [0.15, 0.2) is 12.1 Å². The third-order valence-corrected chi connectivity index (χ3v) is 5.47. The molecule has 0 aliphatic carbocycles. The molecule has 4 atom stereocenters. The predicted octanol–water partition coefficient (Wildman–Crippen LogP) is -9.05. The molecule has 0 aromatic heterocycles. The van der Waals surface area contributed by atoms with E-state index in [9.17, 15) is 19.2 Å². The molecule has 0 radical (unpaired) electrons. The molecular formula is C14H28Cl2N4O6S2. The Morgan fingerprint density at radius 2 is 1.07 bits per heavy atom. The molecule has 0 rings (SSSR count). The maximum atomic E-state index is 11.8. The Hall–Kier alpha value is -0.920. The van der Waals surface area contributed by atoms with Gasteiger partial charge in [0, 0.05) is 11.5 Å². The Morgan fingerprint density at radius 3 is 1.29 bits per heavy atom. The Bertz CT molecular complexity index is 470. The van der Waals surface area contributed by atoms with Crippen molar-refractivity contribution in [2.24, 2.45) is 0 Å². The average Bonchev–Trinajstić information content (AvgIpc) is 2.60. The summed E-state index contributed by atoms with van der Waals surface area (Å²) in [6.45, 7) is 3.22. The summed E-state index contributed by atoms with van der Waals surface area (Å²) in [4.78, 5) is 46.9. The smallest absolute Gasteiger partial charge is 0.329 e. The maximum Gasteiger partial charge on any atom is 0.329 e. The SMILES string of the molecule is COC(=O)[C@H](CSSC[C@H](NC(=O)[C@H](C)[NH3+])C(=O)OC)NC(=O)[C@H](C)[NH3+].[Cl-].[Cl-]. The highest BCUT2D eigenvalue weighted by molar-refractivity contribution is 8.76. The van der Waals surface area contributed by atoms with Gasteiger partial charge in [0.1, 0.15) is 12.1 Å². The Kier molecular flexibility index (Phi) is 19.3. The minimum atomic E-state index is -0.833. The van der Waals surface area contributed by atoms with Crippen LogP contribution in [0.4, 0.5) is 0 Å². The van der Waals surface area contributed by atoms with Crippen LogP contribution in [0.25, 0.3) is 0 Å². The molecule has 0 saturated heterocycles. The van der Waals surface area contributed by atoms with Crippen LogP contribution in [-0.4, -0.2) is 73.6 Å². The molecule has 10 nitrogen and oxygen atoms in total. The van der Waals surface area contributed by atoms with Crippen molar-refractivity contribution in [2.75, 3.05) is 25.7 Å². The predicted molar refractivity (Wildman–Crippen MR) is 97.5 cm³/mol. The van der Waals surface area contributed by atoms with Crippen LogP contribution < -0.4 is 46.9 Å². The molecule has 0 aliphatic rings. The number of rotatable bonds is 11. The molecule has 0 aliphatic heterocycles. The molecule has 0 aromatic rings. The first-order chi connectivity index (χ1) is 12.1. The van der Waals surface area contributed by atoms with Gasteiger partial charge in [0.25, 0.3) is 11.8 Å². The van der Waals surface area contributed by atoms with Gasteiger partial charge in [0.2, 0.25) is 0 Å². The summed E-state index contributed by atoms with van der Waals surface area (Å²) in [6, 6.07) is -2.69. The minimum Gasteiger partial charge on any atom is -1.00 e. The zero-order chi connectivity index (χ0) is 20.3. The molecule has 0 unspecified atom stereocenters. The normalized spacial score (nSPS) is 14.1. The number of nitrogens with one attached hydrogen (secondary N) is 2. The van der Waals surface area contributed by atoms with Crippen LogP contribution >= 0.6 is 21.6 Å². The fourth-order valence-electron chi connectivity index (χ4n) is 1.48. The number of hydrogen-bond donors (Lipinski definition) is 4. The number of methoxy groups -OCH3 is 2. The van der Waals surface area contributed by atoms with Gasteiger partial charge in [-0.2, -0.15) is 0 Å². The summed E-state index contributed by atoms with van der Waals surface area (Å²) in [5.74, 6) is -1.43. The molecule has 0 spiro atoms. The standard InChI is InChI=1S/C14H26N4O6S2.2ClH/c1-7(15)11(19)17-9(13(21)23-3)5-25-26-6-10(14(22)24-4)18-12(20)8(2)16;;/h7-10H,5-6,15-16H2,1-4H3,(H,17,19)(H,18,20);2*1H/t7-,8-,9-,10-;;/m0../s1. The van der Waals surface area contributed by atoms with Gasteiger partial charge in [-0.3, -0.25) is 9.59 Å². The van der Waals surface area contributed by atoms with E-state index in [1.165, 1.54) is 35.8 Å². The van der Waals surface area contributed by atoms with Crippen molar-refractivity contribution in [3.8, 4) is 0 Å². The lowest BCUT2D eigenvalue weighted by Gasteiger charge is -2.18. The second kappa shape index (κ2) is 17.0. The number of carbonyl (C=O) groups excluding carboxylic acids is 4. The van der Waals surface area contributed by atoms with Crippen LogP contribution in [0.5, 0.6) is 0 Å². The highest BCUT2D eigenvalue weighted by atomic mass is 35.5. The van der Waals surface area contributed by atoms with Crippen LogP contribution in [0, 0.1) is 0 Å². The van der Waals surface area contributed by atoms with E-state index in [1.54, 1.807) is 13.8 Å². The van der Waals surface area contributed by atoms with Crippen molar-refractivity contribution >= 4 is 45.3 Å². The summed E-state index contributed by atoms with van der Waals surface area (Å²) in [7, 11) is 4.98. The fourth-order valence-corrected chi connectivity index (χ4v) is 3.78. The van der Waals surface area contributed by atoms with Crippen LogP contribution in [0.3, 0.4) is 0 Å². The van der Waals surface area contributed by atoms with Crippen molar-refractivity contribution in [2.45, 2.75) is 38.0 Å². The zero-order valence-electron chi connectivity index (χ0n) is 16.2. The van der Waals surface area contributed by atoms with Crippen LogP contribution in [0.2, 0.25) is 0 Å². The Balaban J connectivity index is -0.00000312. The van der Waals surface area contributed by atoms with E-state index in [2.05, 4.69) is 31.6 Å². The number of esters is 2. The van der Waals surface area contributed by atoms with Gasteiger partial charge in [-0.25, -0.2) is 9.59 Å². The monoisotopic (exact) mass is 482 g/mol. The van der Waals surface area contributed by atoms with Crippen LogP contribution in [0.15, 0.2) is 0 Å². The molecule has 14 heteroatoms. The van der Waals surface area contributed by atoms with Gasteiger partial charge >= 0.3 is 11.9 Å². The fraction of sp³-hybridized carbons (Fsp3) is 0.714. The van der Waals surface area contributed by atoms with Gasteiger partial charge in [0.05, 0.1) is 14.2 Å². The van der Waals surface area contributed by atoms with Crippen molar-refractivity contribution < 1.29 is 64.9 Å². The number of ether oxygens (including phenoxy) is 2. The summed E-state index contributed by atoms with van der Waals surface area (Å²) in [6.07, 6.45) is 0. The van der Waals surface area contributed by atoms with E-state index < -0.39 is 36.1 Å². The molecule has 8 N–H and O–H groups in total. The lowest BCUT2D eigenvalue weighted by atomic mass is 10.3. The van der Waals surface area contributed by atoms with E-state index in [-0.39, 0.29) is 48.1 Å². The Labute approximate surface area is 184 Å². The highest BCUT2D eigenvalue weighted by Crippen LogP contribution is 2.23. The van der Waals surface area contributed by atoms with Gasteiger partial charge in [-0.15, -0.1) is 0 Å². The van der Waals surface area contributed by atoms with Crippen LogP contribution in [0.1, 0.15) is 13.8 Å². The lowest BCUT2D eigenvalue weighted by Crippen LogP contribution is -3.00. The summed E-state index contributed by atoms with van der Waals surface area (Å²) in [5.41, 5.74) is 7.19. The third-order valence-electron chi connectivity index (χ3n) is 3.05. The van der Waals surface area contributed by atoms with Gasteiger partial charge < -0.3 is 56.4 Å². The Morgan fingerprint density at radius 1 is 0.786 bits per heavy atom. The van der Waals surface area contributed by atoms with Crippen LogP contribution in [-0.2, 0) is 28.7 Å². The van der Waals surface area contributed by atoms with E-state index in [0.717, 1.165) is 0 Å². The molecule has 166 valence electrons. The second-order valence-electron chi connectivity index (χ2n) is 5.54. The second-order valence-corrected chi connectivity index (χ2v) is 8.09. The van der Waals surface area contributed by atoms with Gasteiger partial charge in [-0.05, 0) is 13.8 Å². The number of halogens is 2. The average molecular weight is 483 g/mol. The number of hydrogen-bond acceptors (Lipinski definition) is 8. The first-order valence-electron chi connectivity index (χ1n) is 7.81. The number of carbonyl (C=O) groups is 4. The highest BCUT2D eigenvalue weighted by Gasteiger charge is 2.26. The largest absolute Gasteiger partial charge is 1.00 e. The minimum absolute atomic E-state index is 0. The molecule has 0 heterocycles. The van der Waals surface area contributed by atoms with Crippen molar-refractivity contribution in [1.29, 1.82) is 0 Å². The molecule has 28 heavy (non-hydrogen) atoms. The summed E-state index contributed by atoms with van der Waals surface area (Å²) in [5, 5.41) is 5.11. The molecule has 0 aromatic carbocycles. The lowest BCUT2D eigenvalue weighted by molar-refractivity contribution is -0.398. The first kappa shape index (κ1) is 31.8. The number of quaternary nitrogens is 2.